The van der Waals surface area contributed by atoms with Crippen LogP contribution in [0.25, 0.3) is 0 Å². The molecule has 0 N–H and O–H groups in total. The summed E-state index contributed by atoms with van der Waals surface area (Å²) in [5.74, 6) is 0.925. The molecule has 120 valence electrons. The zero-order valence-corrected chi connectivity index (χ0v) is 13.7. The largest absolute Gasteiger partial charge is 0.462 e. The molecule has 0 aromatic heterocycles. The Kier molecular flexibility index (Phi) is 5.76. The third-order valence-electron chi connectivity index (χ3n) is 4.64. The van der Waals surface area contributed by atoms with Crippen molar-refractivity contribution in [1.82, 2.24) is 0 Å². The van der Waals surface area contributed by atoms with Crippen molar-refractivity contribution in [3.63, 3.8) is 0 Å². The van der Waals surface area contributed by atoms with E-state index < -0.39 is 5.97 Å². The second kappa shape index (κ2) is 7.57. The van der Waals surface area contributed by atoms with Crippen molar-refractivity contribution >= 4 is 11.8 Å². The summed E-state index contributed by atoms with van der Waals surface area (Å²) in [6, 6.07) is 8.92. The van der Waals surface area contributed by atoms with E-state index in [1.165, 1.54) is 6.42 Å². The highest BCUT2D eigenvalue weighted by Crippen LogP contribution is 2.35. The molecule has 0 unspecified atom stereocenters. The molecule has 2 rings (SSSR count). The lowest BCUT2D eigenvalue weighted by molar-refractivity contribution is -0.154. The lowest BCUT2D eigenvalue weighted by atomic mass is 9.75. The van der Waals surface area contributed by atoms with Crippen LogP contribution in [0.15, 0.2) is 30.3 Å². The van der Waals surface area contributed by atoms with Gasteiger partial charge < -0.3 is 4.74 Å². The van der Waals surface area contributed by atoms with Crippen molar-refractivity contribution in [2.45, 2.75) is 52.6 Å². The van der Waals surface area contributed by atoms with Crippen LogP contribution < -0.4 is 0 Å². The molecule has 1 aliphatic carbocycles. The highest BCUT2D eigenvalue weighted by atomic mass is 16.5. The van der Waals surface area contributed by atoms with Crippen LogP contribution in [0, 0.1) is 17.8 Å². The number of hydrogen-bond acceptors (Lipinski definition) is 3. The molecule has 0 bridgehead atoms. The first-order chi connectivity index (χ1) is 10.5. The normalized spacial score (nSPS) is 25.0. The van der Waals surface area contributed by atoms with Gasteiger partial charge in [0.25, 0.3) is 0 Å². The van der Waals surface area contributed by atoms with E-state index in [2.05, 4.69) is 20.8 Å². The molecule has 0 radical (unpaired) electrons. The molecule has 0 spiro atoms. The molecule has 0 amide bonds. The van der Waals surface area contributed by atoms with Gasteiger partial charge in [0, 0.05) is 5.56 Å². The molecule has 3 nitrogen and oxygen atoms in total. The summed E-state index contributed by atoms with van der Waals surface area (Å²) >= 11 is 0. The van der Waals surface area contributed by atoms with Gasteiger partial charge >= 0.3 is 5.97 Å². The molecule has 3 atom stereocenters. The number of ketones is 1. The summed E-state index contributed by atoms with van der Waals surface area (Å²) in [5, 5.41) is 0. The zero-order valence-electron chi connectivity index (χ0n) is 13.7. The van der Waals surface area contributed by atoms with Gasteiger partial charge in [0.2, 0.25) is 0 Å². The highest BCUT2D eigenvalue weighted by molar-refractivity contribution is 6.05. The second-order valence-corrected chi connectivity index (χ2v) is 6.82. The fourth-order valence-electron chi connectivity index (χ4n) is 3.32. The minimum Gasteiger partial charge on any atom is -0.462 e. The first kappa shape index (κ1) is 16.7. The van der Waals surface area contributed by atoms with E-state index in [4.69, 9.17) is 4.74 Å². The fraction of sp³-hybridized carbons (Fsp3) is 0.579. The molecule has 0 heterocycles. The van der Waals surface area contributed by atoms with Crippen molar-refractivity contribution in [2.24, 2.45) is 17.8 Å². The van der Waals surface area contributed by atoms with Crippen LogP contribution in [0.1, 0.15) is 56.8 Å². The number of hydrogen-bond donors (Lipinski definition) is 0. The maximum absolute atomic E-state index is 12.1. The number of benzene rings is 1. The predicted octanol–water partition coefficient (Wildman–Crippen LogP) is 4.26. The smallest absolute Gasteiger partial charge is 0.313 e. The summed E-state index contributed by atoms with van der Waals surface area (Å²) < 4.78 is 5.67. The van der Waals surface area contributed by atoms with Gasteiger partial charge in [-0.25, -0.2) is 0 Å². The lowest BCUT2D eigenvalue weighted by Gasteiger charge is -2.36. The van der Waals surface area contributed by atoms with Gasteiger partial charge in [-0.1, -0.05) is 57.5 Å². The third-order valence-corrected chi connectivity index (χ3v) is 4.64. The quantitative estimate of drug-likeness (QED) is 0.463. The summed E-state index contributed by atoms with van der Waals surface area (Å²) in [6.07, 6.45) is 3.00. The number of carbonyl (C=O) groups excluding carboxylic acids is 2. The SMILES string of the molecule is CC(C)[C@@H]1CC[C@@H](C)C[C@H]1OC(=O)CC(=O)c1ccccc1. The summed E-state index contributed by atoms with van der Waals surface area (Å²) in [4.78, 5) is 24.2. The lowest BCUT2D eigenvalue weighted by Crippen LogP contribution is -2.36. The van der Waals surface area contributed by atoms with E-state index in [0.717, 1.165) is 12.8 Å². The predicted molar refractivity (Wildman–Crippen MR) is 86.6 cm³/mol. The van der Waals surface area contributed by atoms with E-state index in [1.807, 2.05) is 6.07 Å². The van der Waals surface area contributed by atoms with Crippen molar-refractivity contribution < 1.29 is 14.3 Å². The molecule has 3 heteroatoms. The molecule has 1 fully saturated rings. The summed E-state index contributed by atoms with van der Waals surface area (Å²) in [6.45, 7) is 6.56. The molecule has 1 aliphatic rings. The Balaban J connectivity index is 1.93. The molecule has 22 heavy (non-hydrogen) atoms. The van der Waals surface area contributed by atoms with Crippen LogP contribution in [0.5, 0.6) is 0 Å². The topological polar surface area (TPSA) is 43.4 Å². The number of esters is 1. The van der Waals surface area contributed by atoms with E-state index in [9.17, 15) is 9.59 Å². The first-order valence-corrected chi connectivity index (χ1v) is 8.25. The molecule has 0 saturated heterocycles. The van der Waals surface area contributed by atoms with E-state index >= 15 is 0 Å². The number of carbonyl (C=O) groups is 2. The first-order valence-electron chi connectivity index (χ1n) is 8.25. The summed E-state index contributed by atoms with van der Waals surface area (Å²) in [5.41, 5.74) is 0.567. The Hall–Kier alpha value is -1.64. The van der Waals surface area contributed by atoms with Crippen molar-refractivity contribution in [3.8, 4) is 0 Å². The van der Waals surface area contributed by atoms with Gasteiger partial charge in [-0.15, -0.1) is 0 Å². The zero-order chi connectivity index (χ0) is 16.1. The average Bonchev–Trinajstić information content (AvgIpc) is 2.47. The Morgan fingerprint density at radius 1 is 1.18 bits per heavy atom. The van der Waals surface area contributed by atoms with E-state index in [-0.39, 0.29) is 18.3 Å². The molecule has 1 saturated carbocycles. The van der Waals surface area contributed by atoms with Gasteiger partial charge in [-0.3, -0.25) is 9.59 Å². The van der Waals surface area contributed by atoms with Crippen molar-refractivity contribution in [2.75, 3.05) is 0 Å². The third kappa shape index (κ3) is 4.43. The Labute approximate surface area is 133 Å². The maximum Gasteiger partial charge on any atom is 0.313 e. The van der Waals surface area contributed by atoms with Crippen LogP contribution in [-0.4, -0.2) is 17.9 Å². The number of rotatable bonds is 5. The monoisotopic (exact) mass is 302 g/mol. The molecule has 1 aromatic carbocycles. The van der Waals surface area contributed by atoms with Crippen molar-refractivity contribution in [1.29, 1.82) is 0 Å². The molecular formula is C19H26O3. The van der Waals surface area contributed by atoms with Gasteiger partial charge in [0.05, 0.1) is 0 Å². The minimum absolute atomic E-state index is 0.0418. The highest BCUT2D eigenvalue weighted by Gasteiger charge is 2.33. The summed E-state index contributed by atoms with van der Waals surface area (Å²) in [7, 11) is 0. The maximum atomic E-state index is 12.1. The van der Waals surface area contributed by atoms with Crippen LogP contribution in [0.4, 0.5) is 0 Å². The second-order valence-electron chi connectivity index (χ2n) is 6.82. The van der Waals surface area contributed by atoms with Crippen LogP contribution in [0.2, 0.25) is 0 Å². The van der Waals surface area contributed by atoms with Gasteiger partial charge in [-0.05, 0) is 30.6 Å². The molecular weight excluding hydrogens is 276 g/mol. The standard InChI is InChI=1S/C19H26O3/c1-13(2)16-10-9-14(3)11-18(16)22-19(21)12-17(20)15-7-5-4-6-8-15/h4-8,13-14,16,18H,9-12H2,1-3H3/t14-,16+,18-/m1/s1. The average molecular weight is 302 g/mol. The van der Waals surface area contributed by atoms with Crippen molar-refractivity contribution in [3.05, 3.63) is 35.9 Å². The van der Waals surface area contributed by atoms with Gasteiger partial charge in [0.1, 0.15) is 12.5 Å². The Morgan fingerprint density at radius 3 is 2.50 bits per heavy atom. The molecule has 1 aromatic rings. The van der Waals surface area contributed by atoms with Gasteiger partial charge in [-0.2, -0.15) is 0 Å². The van der Waals surface area contributed by atoms with Gasteiger partial charge in [0.15, 0.2) is 5.78 Å². The van der Waals surface area contributed by atoms with E-state index in [0.29, 0.717) is 23.3 Å². The van der Waals surface area contributed by atoms with Crippen LogP contribution in [-0.2, 0) is 9.53 Å². The Bertz CT molecular complexity index is 507. The van der Waals surface area contributed by atoms with E-state index in [1.54, 1.807) is 24.3 Å². The van der Waals surface area contributed by atoms with Crippen LogP contribution >= 0.6 is 0 Å². The Morgan fingerprint density at radius 2 is 1.86 bits per heavy atom. The minimum atomic E-state index is -0.390. The number of Topliss-reactive ketones (excluding diaryl/α,β-unsaturated/α-hetero) is 1. The fourth-order valence-corrected chi connectivity index (χ4v) is 3.32. The molecule has 0 aliphatic heterocycles. The van der Waals surface area contributed by atoms with Crippen LogP contribution in [0.3, 0.4) is 0 Å². The number of ether oxygens (including phenoxy) is 1.